The minimum atomic E-state index is 0.00620. The number of fused-ring (bicyclic) bond motifs is 2. The monoisotopic (exact) mass is 408 g/mol. The van der Waals surface area contributed by atoms with Gasteiger partial charge in [-0.05, 0) is 55.2 Å². The number of esters is 1. The molecule has 0 aromatic heterocycles. The van der Waals surface area contributed by atoms with Crippen LogP contribution in [0.4, 0.5) is 5.69 Å². The summed E-state index contributed by atoms with van der Waals surface area (Å²) < 4.78 is 5.95. The van der Waals surface area contributed by atoms with E-state index in [4.69, 9.17) is 4.74 Å². The number of anilines is 1. The van der Waals surface area contributed by atoms with E-state index in [2.05, 4.69) is 60.9 Å². The van der Waals surface area contributed by atoms with Gasteiger partial charge in [-0.3, -0.25) is 9.69 Å². The van der Waals surface area contributed by atoms with Crippen LogP contribution in [0, 0.1) is 30.1 Å². The van der Waals surface area contributed by atoms with E-state index in [1.807, 2.05) is 0 Å². The van der Waals surface area contributed by atoms with Crippen molar-refractivity contribution in [2.75, 3.05) is 37.6 Å². The second kappa shape index (κ2) is 7.71. The molecule has 0 N–H and O–H groups in total. The smallest absolute Gasteiger partial charge is 0.311 e. The number of hydrogen-bond donors (Lipinski definition) is 0. The molecule has 4 heteroatoms. The summed E-state index contributed by atoms with van der Waals surface area (Å²) in [6.07, 6.45) is 7.44. The normalized spacial score (nSPS) is 36.7. The third-order valence-corrected chi connectivity index (χ3v) is 8.28. The number of allylic oxidation sites excluding steroid dienone is 1. The Kier molecular flexibility index (Phi) is 5.17. The molecule has 0 radical (unpaired) electrons. The van der Waals surface area contributed by atoms with Gasteiger partial charge in [-0.25, -0.2) is 0 Å². The van der Waals surface area contributed by atoms with Crippen LogP contribution in [0.3, 0.4) is 0 Å². The highest BCUT2D eigenvalue weighted by Crippen LogP contribution is 2.54. The zero-order chi connectivity index (χ0) is 20.9. The van der Waals surface area contributed by atoms with Crippen molar-refractivity contribution in [2.45, 2.75) is 52.6 Å². The van der Waals surface area contributed by atoms with Gasteiger partial charge in [0.15, 0.2) is 0 Å². The highest BCUT2D eigenvalue weighted by Gasteiger charge is 2.52. The molecule has 162 valence electrons. The van der Waals surface area contributed by atoms with Crippen LogP contribution in [0.2, 0.25) is 0 Å². The molecule has 0 unspecified atom stereocenters. The van der Waals surface area contributed by atoms with Crippen molar-refractivity contribution < 1.29 is 9.53 Å². The number of benzene rings is 1. The van der Waals surface area contributed by atoms with E-state index in [1.54, 1.807) is 5.57 Å². The first-order valence-corrected chi connectivity index (χ1v) is 11.9. The lowest BCUT2D eigenvalue weighted by Crippen LogP contribution is -2.49. The molecule has 0 amide bonds. The standard InChI is InChI=1S/C26H36N2O2/c1-18-6-4-8-20(14-18)28-12-10-27(11-13-28)17-22-21-15-23-19(2)7-5-9-26(23,3)16-24(21)30-25(22)29/h4,6,8,14-15,19,21-22,24H,5,7,9-13,16-17H2,1-3H3/t19-,21+,22-,24+,26+/m0/s1. The molecule has 3 fully saturated rings. The molecule has 2 aliphatic heterocycles. The van der Waals surface area contributed by atoms with E-state index in [0.29, 0.717) is 5.92 Å². The summed E-state index contributed by atoms with van der Waals surface area (Å²) in [5.41, 5.74) is 4.48. The fourth-order valence-corrected chi connectivity index (χ4v) is 6.55. The molecular weight excluding hydrogens is 372 g/mol. The highest BCUT2D eigenvalue weighted by molar-refractivity contribution is 5.76. The Morgan fingerprint density at radius 2 is 2.00 bits per heavy atom. The van der Waals surface area contributed by atoms with Gasteiger partial charge in [-0.2, -0.15) is 0 Å². The molecule has 4 nitrogen and oxygen atoms in total. The molecule has 1 saturated carbocycles. The van der Waals surface area contributed by atoms with Crippen LogP contribution in [0.1, 0.15) is 45.1 Å². The molecule has 0 bridgehead atoms. The van der Waals surface area contributed by atoms with Gasteiger partial charge in [-0.1, -0.05) is 44.1 Å². The number of carbonyl (C=O) groups is 1. The fraction of sp³-hybridized carbons (Fsp3) is 0.654. The molecule has 5 rings (SSSR count). The Balaban J connectivity index is 1.26. The van der Waals surface area contributed by atoms with Crippen LogP contribution in [-0.4, -0.2) is 49.7 Å². The number of hydrogen-bond acceptors (Lipinski definition) is 4. The van der Waals surface area contributed by atoms with Crippen LogP contribution in [0.25, 0.3) is 0 Å². The minimum Gasteiger partial charge on any atom is -0.461 e. The third kappa shape index (κ3) is 3.57. The van der Waals surface area contributed by atoms with Crippen LogP contribution in [-0.2, 0) is 9.53 Å². The molecule has 2 saturated heterocycles. The van der Waals surface area contributed by atoms with E-state index in [9.17, 15) is 4.79 Å². The van der Waals surface area contributed by atoms with Gasteiger partial charge < -0.3 is 9.64 Å². The first-order chi connectivity index (χ1) is 14.4. The lowest BCUT2D eigenvalue weighted by Gasteiger charge is -2.46. The van der Waals surface area contributed by atoms with Crippen LogP contribution < -0.4 is 4.90 Å². The van der Waals surface area contributed by atoms with Crippen molar-refractivity contribution in [3.8, 4) is 0 Å². The third-order valence-electron chi connectivity index (χ3n) is 8.28. The Morgan fingerprint density at radius 1 is 1.20 bits per heavy atom. The first-order valence-electron chi connectivity index (χ1n) is 11.9. The molecule has 2 heterocycles. The fourth-order valence-electron chi connectivity index (χ4n) is 6.55. The van der Waals surface area contributed by atoms with E-state index in [0.717, 1.165) is 39.1 Å². The quantitative estimate of drug-likeness (QED) is 0.547. The summed E-state index contributed by atoms with van der Waals surface area (Å²) in [5, 5.41) is 0. The lowest BCUT2D eigenvalue weighted by molar-refractivity contribution is -0.145. The summed E-state index contributed by atoms with van der Waals surface area (Å²) in [7, 11) is 0. The maximum Gasteiger partial charge on any atom is 0.311 e. The average Bonchev–Trinajstić information content (AvgIpc) is 3.01. The van der Waals surface area contributed by atoms with Gasteiger partial charge >= 0.3 is 5.97 Å². The molecule has 30 heavy (non-hydrogen) atoms. The summed E-state index contributed by atoms with van der Waals surface area (Å²) in [4.78, 5) is 17.8. The predicted molar refractivity (Wildman–Crippen MR) is 121 cm³/mol. The van der Waals surface area contributed by atoms with Gasteiger partial charge in [0.25, 0.3) is 0 Å². The van der Waals surface area contributed by atoms with Crippen LogP contribution in [0.5, 0.6) is 0 Å². The zero-order valence-corrected chi connectivity index (χ0v) is 18.8. The van der Waals surface area contributed by atoms with Crippen molar-refractivity contribution in [1.82, 2.24) is 4.90 Å². The summed E-state index contributed by atoms with van der Waals surface area (Å²) in [6.45, 7) is 11.8. The molecule has 5 atom stereocenters. The van der Waals surface area contributed by atoms with Gasteiger partial charge in [-0.15, -0.1) is 0 Å². The molecule has 2 aliphatic carbocycles. The zero-order valence-electron chi connectivity index (χ0n) is 18.8. The predicted octanol–water partition coefficient (Wildman–Crippen LogP) is 4.43. The second-order valence-corrected chi connectivity index (χ2v) is 10.5. The number of aryl methyl sites for hydroxylation is 1. The van der Waals surface area contributed by atoms with Crippen molar-refractivity contribution in [1.29, 1.82) is 0 Å². The van der Waals surface area contributed by atoms with Crippen molar-refractivity contribution in [3.05, 3.63) is 41.5 Å². The number of ether oxygens (including phenoxy) is 1. The molecule has 1 aromatic rings. The van der Waals surface area contributed by atoms with E-state index in [-0.39, 0.29) is 29.3 Å². The first kappa shape index (κ1) is 20.1. The summed E-state index contributed by atoms with van der Waals surface area (Å²) in [5.74, 6) is 0.972. The Morgan fingerprint density at radius 3 is 2.77 bits per heavy atom. The van der Waals surface area contributed by atoms with Crippen molar-refractivity contribution in [2.24, 2.45) is 23.2 Å². The minimum absolute atomic E-state index is 0.00620. The van der Waals surface area contributed by atoms with Gasteiger partial charge in [0.1, 0.15) is 6.10 Å². The summed E-state index contributed by atoms with van der Waals surface area (Å²) >= 11 is 0. The van der Waals surface area contributed by atoms with Crippen molar-refractivity contribution in [3.63, 3.8) is 0 Å². The lowest BCUT2D eigenvalue weighted by atomic mass is 9.59. The SMILES string of the molecule is Cc1cccc(N2CCN(C[C@@H]3C(=O)O[C@@H]4C[C@@]5(C)CCC[C@H](C)C5=C[C@H]34)CC2)c1. The van der Waals surface area contributed by atoms with E-state index >= 15 is 0 Å². The van der Waals surface area contributed by atoms with Gasteiger partial charge in [0.05, 0.1) is 5.92 Å². The number of carbonyl (C=O) groups excluding carboxylic acids is 1. The number of nitrogens with zero attached hydrogens (tertiary/aromatic N) is 2. The maximum absolute atomic E-state index is 12.8. The maximum atomic E-state index is 12.8. The van der Waals surface area contributed by atoms with Crippen LogP contribution >= 0.6 is 0 Å². The van der Waals surface area contributed by atoms with Crippen molar-refractivity contribution >= 4 is 11.7 Å². The largest absolute Gasteiger partial charge is 0.461 e. The van der Waals surface area contributed by atoms with Crippen LogP contribution in [0.15, 0.2) is 35.9 Å². The average molecular weight is 409 g/mol. The molecular formula is C26H36N2O2. The molecule has 4 aliphatic rings. The van der Waals surface area contributed by atoms with E-state index < -0.39 is 0 Å². The Bertz CT molecular complexity index is 841. The Labute approximate surface area is 181 Å². The van der Waals surface area contributed by atoms with E-state index in [1.165, 1.54) is 30.5 Å². The topological polar surface area (TPSA) is 32.8 Å². The molecule has 0 spiro atoms. The number of piperazine rings is 1. The second-order valence-electron chi connectivity index (χ2n) is 10.5. The van der Waals surface area contributed by atoms with Gasteiger partial charge in [0, 0.05) is 44.3 Å². The Hall–Kier alpha value is -1.81. The molecule has 1 aromatic carbocycles. The van der Waals surface area contributed by atoms with Gasteiger partial charge in [0.2, 0.25) is 0 Å². The highest BCUT2D eigenvalue weighted by atomic mass is 16.6. The number of rotatable bonds is 3. The summed E-state index contributed by atoms with van der Waals surface area (Å²) in [6, 6.07) is 8.77.